The maximum absolute atomic E-state index is 5.83. The molecule has 0 aromatic carbocycles. The highest BCUT2D eigenvalue weighted by atomic mass is 35.5. The van der Waals surface area contributed by atoms with Crippen molar-refractivity contribution in [3.05, 3.63) is 10.7 Å². The predicted octanol–water partition coefficient (Wildman–Crippen LogP) is 2.01. The van der Waals surface area contributed by atoms with E-state index in [1.54, 1.807) is 4.68 Å². The van der Waals surface area contributed by atoms with Gasteiger partial charge in [-0.05, 0) is 20.8 Å². The Balaban J connectivity index is 3.19. The normalized spacial score (nSPS) is 11.0. The standard InChI is InChI=1S/C7H12ClN3/c1-4(2)11-7(9)6(8)5(3)10-11/h4H,9H2,1-3H3. The highest BCUT2D eigenvalue weighted by Gasteiger charge is 2.11. The smallest absolute Gasteiger partial charge is 0.141 e. The summed E-state index contributed by atoms with van der Waals surface area (Å²) in [5, 5.41) is 4.74. The quantitative estimate of drug-likeness (QED) is 0.706. The second-order valence-corrected chi connectivity index (χ2v) is 3.20. The third-order valence-corrected chi connectivity index (χ3v) is 2.00. The highest BCUT2D eigenvalue weighted by molar-refractivity contribution is 6.33. The van der Waals surface area contributed by atoms with E-state index < -0.39 is 0 Å². The van der Waals surface area contributed by atoms with E-state index in [1.807, 2.05) is 20.8 Å². The van der Waals surface area contributed by atoms with E-state index in [4.69, 9.17) is 17.3 Å². The number of anilines is 1. The van der Waals surface area contributed by atoms with Crippen LogP contribution in [0.15, 0.2) is 0 Å². The first-order chi connectivity index (χ1) is 5.04. The molecule has 0 bridgehead atoms. The first-order valence-corrected chi connectivity index (χ1v) is 3.92. The molecule has 1 aromatic rings. The van der Waals surface area contributed by atoms with Gasteiger partial charge in [-0.25, -0.2) is 4.68 Å². The molecule has 2 N–H and O–H groups in total. The number of nitrogens with two attached hydrogens (primary N) is 1. The van der Waals surface area contributed by atoms with E-state index in [0.717, 1.165) is 5.69 Å². The Morgan fingerprint density at radius 3 is 2.27 bits per heavy atom. The number of aromatic nitrogens is 2. The molecule has 4 heteroatoms. The van der Waals surface area contributed by atoms with Crippen LogP contribution in [0.5, 0.6) is 0 Å². The van der Waals surface area contributed by atoms with Gasteiger partial charge in [0.15, 0.2) is 0 Å². The van der Waals surface area contributed by atoms with Gasteiger partial charge in [-0.15, -0.1) is 0 Å². The molecule has 0 spiro atoms. The molecule has 62 valence electrons. The van der Waals surface area contributed by atoms with E-state index in [2.05, 4.69) is 5.10 Å². The van der Waals surface area contributed by atoms with Gasteiger partial charge in [-0.1, -0.05) is 11.6 Å². The summed E-state index contributed by atoms with van der Waals surface area (Å²) in [6, 6.07) is 0.265. The van der Waals surface area contributed by atoms with Gasteiger partial charge in [0.1, 0.15) is 10.8 Å². The van der Waals surface area contributed by atoms with Gasteiger partial charge in [0, 0.05) is 6.04 Å². The Kier molecular flexibility index (Phi) is 2.09. The van der Waals surface area contributed by atoms with Crippen molar-refractivity contribution in [3.8, 4) is 0 Å². The fourth-order valence-corrected chi connectivity index (χ4v) is 1.06. The van der Waals surface area contributed by atoms with Crippen molar-refractivity contribution in [2.75, 3.05) is 5.73 Å². The number of hydrogen-bond acceptors (Lipinski definition) is 2. The summed E-state index contributed by atoms with van der Waals surface area (Å²) in [5.74, 6) is 0.555. The molecular weight excluding hydrogens is 162 g/mol. The van der Waals surface area contributed by atoms with E-state index in [1.165, 1.54) is 0 Å². The zero-order valence-electron chi connectivity index (χ0n) is 6.93. The number of rotatable bonds is 1. The topological polar surface area (TPSA) is 43.8 Å². The van der Waals surface area contributed by atoms with Crippen molar-refractivity contribution in [2.45, 2.75) is 26.8 Å². The van der Waals surface area contributed by atoms with Gasteiger partial charge >= 0.3 is 0 Å². The largest absolute Gasteiger partial charge is 0.383 e. The van der Waals surface area contributed by atoms with Crippen LogP contribution in [0.25, 0.3) is 0 Å². The Hall–Kier alpha value is -0.700. The predicted molar refractivity (Wildman–Crippen MR) is 46.8 cm³/mol. The van der Waals surface area contributed by atoms with E-state index in [-0.39, 0.29) is 6.04 Å². The lowest BCUT2D eigenvalue weighted by Gasteiger charge is -2.06. The lowest BCUT2D eigenvalue weighted by atomic mass is 10.4. The van der Waals surface area contributed by atoms with Crippen LogP contribution in [0.2, 0.25) is 5.02 Å². The van der Waals surface area contributed by atoms with Crippen LogP contribution < -0.4 is 5.73 Å². The molecule has 0 aliphatic rings. The summed E-state index contributed by atoms with van der Waals surface area (Å²) in [6.07, 6.45) is 0. The zero-order valence-corrected chi connectivity index (χ0v) is 7.68. The Bertz CT molecular complexity index is 265. The minimum absolute atomic E-state index is 0.265. The molecule has 0 unspecified atom stereocenters. The lowest BCUT2D eigenvalue weighted by molar-refractivity contribution is 0.537. The SMILES string of the molecule is Cc1nn(C(C)C)c(N)c1Cl. The van der Waals surface area contributed by atoms with Crippen LogP contribution in [-0.4, -0.2) is 9.78 Å². The number of hydrogen-bond donors (Lipinski definition) is 1. The van der Waals surface area contributed by atoms with Crippen molar-refractivity contribution in [1.29, 1.82) is 0 Å². The zero-order chi connectivity index (χ0) is 8.59. The van der Waals surface area contributed by atoms with Crippen LogP contribution in [-0.2, 0) is 0 Å². The number of aryl methyl sites for hydroxylation is 1. The van der Waals surface area contributed by atoms with Gasteiger partial charge in [0.2, 0.25) is 0 Å². The Morgan fingerprint density at radius 1 is 1.55 bits per heavy atom. The molecule has 1 rings (SSSR count). The van der Waals surface area contributed by atoms with Crippen LogP contribution in [0.1, 0.15) is 25.6 Å². The fraction of sp³-hybridized carbons (Fsp3) is 0.571. The van der Waals surface area contributed by atoms with E-state index >= 15 is 0 Å². The van der Waals surface area contributed by atoms with Crippen molar-refractivity contribution < 1.29 is 0 Å². The maximum atomic E-state index is 5.83. The van der Waals surface area contributed by atoms with Crippen LogP contribution in [0.3, 0.4) is 0 Å². The number of halogens is 1. The third-order valence-electron chi connectivity index (χ3n) is 1.54. The second-order valence-electron chi connectivity index (χ2n) is 2.82. The average molecular weight is 174 g/mol. The molecule has 0 amide bonds. The minimum atomic E-state index is 0.265. The lowest BCUT2D eigenvalue weighted by Crippen LogP contribution is -2.06. The molecular formula is C7H12ClN3. The first-order valence-electron chi connectivity index (χ1n) is 3.54. The fourth-order valence-electron chi connectivity index (χ4n) is 0.939. The average Bonchev–Trinajstić information content (AvgIpc) is 2.17. The summed E-state index contributed by atoms with van der Waals surface area (Å²) >= 11 is 5.83. The third kappa shape index (κ3) is 1.33. The summed E-state index contributed by atoms with van der Waals surface area (Å²) in [5.41, 5.74) is 6.46. The number of nitrogen functional groups attached to an aromatic ring is 1. The molecule has 0 radical (unpaired) electrons. The van der Waals surface area contributed by atoms with E-state index in [9.17, 15) is 0 Å². The van der Waals surface area contributed by atoms with Crippen molar-refractivity contribution in [1.82, 2.24) is 9.78 Å². The second kappa shape index (κ2) is 2.74. The molecule has 3 nitrogen and oxygen atoms in total. The first kappa shape index (κ1) is 8.40. The molecule has 0 aliphatic heterocycles. The Morgan fingerprint density at radius 2 is 2.09 bits per heavy atom. The van der Waals surface area contributed by atoms with Gasteiger partial charge in [0.25, 0.3) is 0 Å². The molecule has 0 aliphatic carbocycles. The van der Waals surface area contributed by atoms with Crippen molar-refractivity contribution in [3.63, 3.8) is 0 Å². The van der Waals surface area contributed by atoms with Crippen molar-refractivity contribution >= 4 is 17.4 Å². The van der Waals surface area contributed by atoms with E-state index in [0.29, 0.717) is 10.8 Å². The van der Waals surface area contributed by atoms with Crippen LogP contribution in [0.4, 0.5) is 5.82 Å². The molecule has 11 heavy (non-hydrogen) atoms. The maximum Gasteiger partial charge on any atom is 0.141 e. The molecule has 0 atom stereocenters. The van der Waals surface area contributed by atoms with Crippen LogP contribution in [0, 0.1) is 6.92 Å². The molecule has 0 fully saturated rings. The molecule has 1 aromatic heterocycles. The summed E-state index contributed by atoms with van der Waals surface area (Å²) in [6.45, 7) is 5.87. The van der Waals surface area contributed by atoms with Crippen molar-refractivity contribution in [2.24, 2.45) is 0 Å². The van der Waals surface area contributed by atoms with Gasteiger partial charge in [-0.2, -0.15) is 5.10 Å². The van der Waals surface area contributed by atoms with Gasteiger partial charge in [-0.3, -0.25) is 0 Å². The molecule has 1 heterocycles. The minimum Gasteiger partial charge on any atom is -0.383 e. The van der Waals surface area contributed by atoms with Gasteiger partial charge < -0.3 is 5.73 Å². The van der Waals surface area contributed by atoms with Gasteiger partial charge in [0.05, 0.1) is 5.69 Å². The summed E-state index contributed by atoms with van der Waals surface area (Å²) in [4.78, 5) is 0. The van der Waals surface area contributed by atoms with Crippen LogP contribution >= 0.6 is 11.6 Å². The number of nitrogens with zero attached hydrogens (tertiary/aromatic N) is 2. The highest BCUT2D eigenvalue weighted by Crippen LogP contribution is 2.24. The summed E-state index contributed by atoms with van der Waals surface area (Å²) in [7, 11) is 0. The Labute approximate surface area is 71.1 Å². The summed E-state index contributed by atoms with van der Waals surface area (Å²) < 4.78 is 1.72. The monoisotopic (exact) mass is 173 g/mol. The molecule has 0 saturated carbocycles. The molecule has 0 saturated heterocycles.